The number of nitrogens with zero attached hydrogens (tertiary/aromatic N) is 3. The second-order valence-electron chi connectivity index (χ2n) is 4.74. The van der Waals surface area contributed by atoms with Crippen molar-refractivity contribution >= 4 is 17.3 Å². The van der Waals surface area contributed by atoms with Gasteiger partial charge in [-0.25, -0.2) is 0 Å². The number of rotatable bonds is 5. The Labute approximate surface area is 124 Å². The van der Waals surface area contributed by atoms with Crippen molar-refractivity contribution in [3.8, 4) is 12.1 Å². The van der Waals surface area contributed by atoms with Crippen LogP contribution in [-0.4, -0.2) is 31.4 Å². The summed E-state index contributed by atoms with van der Waals surface area (Å²) in [6.45, 7) is 2.19. The summed E-state index contributed by atoms with van der Waals surface area (Å²) >= 11 is 0. The van der Waals surface area contributed by atoms with E-state index in [9.17, 15) is 4.79 Å². The van der Waals surface area contributed by atoms with Crippen LogP contribution in [0.3, 0.4) is 0 Å². The summed E-state index contributed by atoms with van der Waals surface area (Å²) in [6.07, 6.45) is 1.33. The van der Waals surface area contributed by atoms with Gasteiger partial charge in [-0.3, -0.25) is 4.79 Å². The number of carbonyl (C=O) groups is 1. The van der Waals surface area contributed by atoms with E-state index < -0.39 is 0 Å². The van der Waals surface area contributed by atoms with Crippen molar-refractivity contribution in [1.82, 2.24) is 4.90 Å². The number of hydrogen-bond acceptors (Lipinski definition) is 5. The maximum Gasteiger partial charge on any atom is 0.238 e. The summed E-state index contributed by atoms with van der Waals surface area (Å²) in [6, 6.07) is 8.94. The second kappa shape index (κ2) is 7.68. The lowest BCUT2D eigenvalue weighted by molar-refractivity contribution is -0.116. The topological polar surface area (TPSA) is 92.0 Å². The van der Waals surface area contributed by atoms with Gasteiger partial charge in [0.1, 0.15) is 17.7 Å². The number of allylic oxidation sites excluding steroid dienone is 1. The average molecular weight is 283 g/mol. The SMILES string of the molecule is Cc1ccc(NC=C(C#N)C#N)cc1NC(=O)CN(C)C. The quantitative estimate of drug-likeness (QED) is 0.804. The number of nitrogens with one attached hydrogen (secondary N) is 2. The van der Waals surface area contributed by atoms with Crippen LogP contribution in [-0.2, 0) is 4.79 Å². The van der Waals surface area contributed by atoms with Crippen LogP contribution in [0.1, 0.15) is 5.56 Å². The number of benzene rings is 1. The fourth-order valence-corrected chi connectivity index (χ4v) is 1.57. The molecule has 0 radical (unpaired) electrons. The van der Waals surface area contributed by atoms with Crippen LogP contribution < -0.4 is 10.6 Å². The van der Waals surface area contributed by atoms with Crippen LogP contribution in [0.5, 0.6) is 0 Å². The highest BCUT2D eigenvalue weighted by atomic mass is 16.2. The Morgan fingerprint density at radius 1 is 1.33 bits per heavy atom. The summed E-state index contributed by atoms with van der Waals surface area (Å²) in [5.74, 6) is -0.106. The molecule has 1 aromatic rings. The molecule has 0 aliphatic heterocycles. The van der Waals surface area contributed by atoms with Crippen molar-refractivity contribution in [1.29, 1.82) is 10.5 Å². The van der Waals surface area contributed by atoms with Crippen molar-refractivity contribution in [2.24, 2.45) is 0 Å². The molecule has 0 saturated heterocycles. The summed E-state index contributed by atoms with van der Waals surface area (Å²) in [7, 11) is 3.64. The molecule has 0 aliphatic carbocycles. The zero-order valence-electron chi connectivity index (χ0n) is 12.3. The highest BCUT2D eigenvalue weighted by molar-refractivity contribution is 5.93. The molecule has 6 nitrogen and oxygen atoms in total. The summed E-state index contributed by atoms with van der Waals surface area (Å²) in [5.41, 5.74) is 2.28. The third-order valence-corrected chi connectivity index (χ3v) is 2.60. The van der Waals surface area contributed by atoms with E-state index in [0.717, 1.165) is 5.56 Å². The average Bonchev–Trinajstić information content (AvgIpc) is 2.42. The number of amides is 1. The minimum Gasteiger partial charge on any atom is -0.360 e. The Balaban J connectivity index is 2.86. The molecule has 0 aromatic heterocycles. The van der Waals surface area contributed by atoms with Gasteiger partial charge in [0.05, 0.1) is 6.54 Å². The first kappa shape index (κ1) is 16.2. The Kier molecular flexibility index (Phi) is 5.94. The van der Waals surface area contributed by atoms with Gasteiger partial charge in [-0.15, -0.1) is 0 Å². The van der Waals surface area contributed by atoms with Crippen molar-refractivity contribution in [2.45, 2.75) is 6.92 Å². The van der Waals surface area contributed by atoms with Gasteiger partial charge in [0.25, 0.3) is 0 Å². The van der Waals surface area contributed by atoms with Crippen molar-refractivity contribution in [3.63, 3.8) is 0 Å². The zero-order chi connectivity index (χ0) is 15.8. The van der Waals surface area contributed by atoms with E-state index in [1.54, 1.807) is 29.2 Å². The monoisotopic (exact) mass is 283 g/mol. The summed E-state index contributed by atoms with van der Waals surface area (Å²) in [4.78, 5) is 13.6. The third kappa shape index (κ3) is 5.35. The van der Waals surface area contributed by atoms with Crippen molar-refractivity contribution in [3.05, 3.63) is 35.5 Å². The molecule has 6 heteroatoms. The summed E-state index contributed by atoms with van der Waals surface area (Å²) in [5, 5.41) is 23.0. The molecule has 0 atom stereocenters. The smallest absolute Gasteiger partial charge is 0.238 e. The van der Waals surface area contributed by atoms with Gasteiger partial charge in [-0.05, 0) is 38.7 Å². The van der Waals surface area contributed by atoms with E-state index in [0.29, 0.717) is 17.9 Å². The number of anilines is 2. The molecule has 2 N–H and O–H groups in total. The van der Waals surface area contributed by atoms with Gasteiger partial charge < -0.3 is 15.5 Å². The first-order chi connectivity index (χ1) is 9.96. The third-order valence-electron chi connectivity index (χ3n) is 2.60. The van der Waals surface area contributed by atoms with Gasteiger partial charge in [0.2, 0.25) is 5.91 Å². The molecule has 0 fully saturated rings. The van der Waals surface area contributed by atoms with Crippen LogP contribution in [0.2, 0.25) is 0 Å². The van der Waals surface area contributed by atoms with Crippen LogP contribution in [0.4, 0.5) is 11.4 Å². The normalized spacial score (nSPS) is 9.43. The minimum atomic E-state index is -0.106. The lowest BCUT2D eigenvalue weighted by atomic mass is 10.1. The molecule has 0 unspecified atom stereocenters. The molecule has 1 aromatic carbocycles. The fourth-order valence-electron chi connectivity index (χ4n) is 1.57. The predicted molar refractivity (Wildman–Crippen MR) is 81.3 cm³/mol. The Morgan fingerprint density at radius 2 is 2.00 bits per heavy atom. The number of aryl methyl sites for hydroxylation is 1. The first-order valence-corrected chi connectivity index (χ1v) is 6.28. The summed E-state index contributed by atoms with van der Waals surface area (Å²) < 4.78 is 0. The Bertz CT molecular complexity index is 618. The second-order valence-corrected chi connectivity index (χ2v) is 4.74. The first-order valence-electron chi connectivity index (χ1n) is 6.28. The van der Waals surface area contributed by atoms with Gasteiger partial charge in [-0.1, -0.05) is 6.07 Å². The van der Waals surface area contributed by atoms with Gasteiger partial charge >= 0.3 is 0 Å². The maximum atomic E-state index is 11.8. The van der Waals surface area contributed by atoms with Crippen molar-refractivity contribution in [2.75, 3.05) is 31.3 Å². The molecule has 1 rings (SSSR count). The molecule has 0 aliphatic rings. The maximum absolute atomic E-state index is 11.8. The van der Waals surface area contributed by atoms with Gasteiger partial charge in [0, 0.05) is 17.6 Å². The standard InChI is InChI=1S/C15H17N5O/c1-11-4-5-13(18-9-12(7-16)8-17)6-14(11)19-15(21)10-20(2)3/h4-6,9,18H,10H2,1-3H3,(H,19,21). The van der Waals surface area contributed by atoms with Crippen LogP contribution in [0, 0.1) is 29.6 Å². The Hall–Kier alpha value is -2.83. The highest BCUT2D eigenvalue weighted by Crippen LogP contribution is 2.20. The zero-order valence-corrected chi connectivity index (χ0v) is 12.3. The number of carbonyl (C=O) groups excluding carboxylic acids is 1. The molecule has 0 spiro atoms. The van der Waals surface area contributed by atoms with Gasteiger partial charge in [-0.2, -0.15) is 10.5 Å². The van der Waals surface area contributed by atoms with E-state index in [2.05, 4.69) is 10.6 Å². The molecular weight excluding hydrogens is 266 g/mol. The van der Waals surface area contributed by atoms with E-state index in [1.807, 2.05) is 27.1 Å². The van der Waals surface area contributed by atoms with E-state index >= 15 is 0 Å². The molecule has 0 heterocycles. The lowest BCUT2D eigenvalue weighted by Crippen LogP contribution is -2.27. The molecule has 108 valence electrons. The number of likely N-dealkylation sites (N-methyl/N-ethyl adjacent to an activating group) is 1. The van der Waals surface area contributed by atoms with E-state index in [1.165, 1.54) is 6.20 Å². The van der Waals surface area contributed by atoms with E-state index in [-0.39, 0.29) is 11.5 Å². The molecule has 0 bridgehead atoms. The molecule has 1 amide bonds. The predicted octanol–water partition coefficient (Wildman–Crippen LogP) is 1.84. The van der Waals surface area contributed by atoms with Crippen LogP contribution in [0.15, 0.2) is 30.0 Å². The van der Waals surface area contributed by atoms with Crippen LogP contribution >= 0.6 is 0 Å². The molecule has 21 heavy (non-hydrogen) atoms. The highest BCUT2D eigenvalue weighted by Gasteiger charge is 2.06. The Morgan fingerprint density at radius 3 is 2.57 bits per heavy atom. The minimum absolute atomic E-state index is 0.0197. The van der Waals surface area contributed by atoms with Crippen LogP contribution in [0.25, 0.3) is 0 Å². The fraction of sp³-hybridized carbons (Fsp3) is 0.267. The van der Waals surface area contributed by atoms with Crippen molar-refractivity contribution < 1.29 is 4.79 Å². The van der Waals surface area contributed by atoms with E-state index in [4.69, 9.17) is 10.5 Å². The van der Waals surface area contributed by atoms with Gasteiger partial charge in [0.15, 0.2) is 0 Å². The number of hydrogen-bond donors (Lipinski definition) is 2. The molecule has 0 saturated carbocycles. The molecular formula is C15H17N5O. The largest absolute Gasteiger partial charge is 0.360 e. The number of nitriles is 2. The lowest BCUT2D eigenvalue weighted by Gasteiger charge is -2.13.